The molecule has 0 fully saturated rings. The lowest BCUT2D eigenvalue weighted by atomic mass is 9.88. The first-order valence-corrected chi connectivity index (χ1v) is 12.7. The van der Waals surface area contributed by atoms with Crippen LogP contribution >= 0.6 is 0 Å². The van der Waals surface area contributed by atoms with E-state index in [1.54, 1.807) is 0 Å². The molecule has 23 heteroatoms. The summed E-state index contributed by atoms with van der Waals surface area (Å²) in [6, 6.07) is 5.51. The molecule has 1 aromatic carbocycles. The largest absolute Gasteiger partial charge is 0.475 e. The summed E-state index contributed by atoms with van der Waals surface area (Å²) in [6.45, 7) is -0.0466. The zero-order chi connectivity index (χ0) is 36.1. The number of halogens is 17. The minimum Gasteiger partial charge on any atom is -0.475 e. The van der Waals surface area contributed by atoms with Gasteiger partial charge in [0.2, 0.25) is 5.82 Å². The number of unbranched alkanes of at least 4 members (excludes halogenated alkanes) is 1. The van der Waals surface area contributed by atoms with Crippen molar-refractivity contribution in [1.82, 2.24) is 25.0 Å². The standard InChI is InChI=1S/C24H18F17N5O/c1-2-3-6-12-11-46(45-44-12)15-16(43-14-8-5-4-7-13(14)42-15)47-10-9-17(25,26)18(27,28)19(29,30)20(31,32)21(33,34)22(35,36)23(37,38)24(39,40)41/h4-5,7-8,11H,2-3,6,9-10H2,1H3. The molecular formula is C24H18F17N5O. The maximum absolute atomic E-state index is 14.4. The van der Waals surface area contributed by atoms with E-state index in [1.165, 1.54) is 30.5 Å². The number of hydrogen-bond donors (Lipinski definition) is 0. The summed E-state index contributed by atoms with van der Waals surface area (Å²) < 4.78 is 236. The van der Waals surface area contributed by atoms with Gasteiger partial charge in [-0.3, -0.25) is 0 Å². The number of aromatic nitrogens is 5. The van der Waals surface area contributed by atoms with Crippen LogP contribution in [0, 0.1) is 0 Å². The number of hydrogen-bond acceptors (Lipinski definition) is 5. The third-order valence-corrected chi connectivity index (χ3v) is 6.51. The third-order valence-electron chi connectivity index (χ3n) is 6.51. The van der Waals surface area contributed by atoms with Gasteiger partial charge in [0, 0.05) is 0 Å². The molecule has 0 atom stereocenters. The van der Waals surface area contributed by atoms with Crippen LogP contribution in [0.15, 0.2) is 30.5 Å². The lowest BCUT2D eigenvalue weighted by Gasteiger charge is -2.42. The Morgan fingerprint density at radius 3 is 1.66 bits per heavy atom. The van der Waals surface area contributed by atoms with Crippen molar-refractivity contribution in [2.24, 2.45) is 0 Å². The zero-order valence-corrected chi connectivity index (χ0v) is 23.0. The summed E-state index contributed by atoms with van der Waals surface area (Å²) in [7, 11) is 0. The fourth-order valence-electron chi connectivity index (χ4n) is 3.72. The van der Waals surface area contributed by atoms with Crippen LogP contribution < -0.4 is 4.74 Å². The third kappa shape index (κ3) is 6.08. The molecule has 3 aromatic rings. The van der Waals surface area contributed by atoms with Crippen molar-refractivity contribution in [3.8, 4) is 11.7 Å². The molecule has 0 unspecified atom stereocenters. The van der Waals surface area contributed by atoms with E-state index >= 15 is 0 Å². The molecule has 47 heavy (non-hydrogen) atoms. The molecule has 0 amide bonds. The summed E-state index contributed by atoms with van der Waals surface area (Å²) in [6.07, 6.45) is -7.62. The highest BCUT2D eigenvalue weighted by Crippen LogP contribution is 2.64. The molecular weight excluding hydrogens is 697 g/mol. The quantitative estimate of drug-likeness (QED) is 0.157. The Hall–Kier alpha value is -3.69. The Morgan fingerprint density at radius 1 is 0.660 bits per heavy atom. The van der Waals surface area contributed by atoms with Crippen molar-refractivity contribution in [3.63, 3.8) is 0 Å². The smallest absolute Gasteiger partial charge is 0.460 e. The van der Waals surface area contributed by atoms with Gasteiger partial charge in [-0.05, 0) is 25.0 Å². The molecule has 0 spiro atoms. The Kier molecular flexibility index (Phi) is 9.71. The Balaban J connectivity index is 1.93. The van der Waals surface area contributed by atoms with E-state index in [1.807, 2.05) is 6.92 Å². The van der Waals surface area contributed by atoms with E-state index in [4.69, 9.17) is 4.74 Å². The lowest BCUT2D eigenvalue weighted by molar-refractivity contribution is -0.461. The van der Waals surface area contributed by atoms with Crippen LogP contribution in [0.5, 0.6) is 5.88 Å². The monoisotopic (exact) mass is 715 g/mol. The highest BCUT2D eigenvalue weighted by Gasteiger charge is 2.95. The van der Waals surface area contributed by atoms with E-state index in [0.29, 0.717) is 18.5 Å². The molecule has 0 aliphatic rings. The second-order valence-corrected chi connectivity index (χ2v) is 9.85. The molecule has 2 heterocycles. The van der Waals surface area contributed by atoms with Gasteiger partial charge in [0.25, 0.3) is 5.88 Å². The Labute approximate surface area is 250 Å². The molecule has 264 valence electrons. The number of rotatable bonds is 14. The summed E-state index contributed by atoms with van der Waals surface area (Å²) in [5.41, 5.74) is 0.421. The van der Waals surface area contributed by atoms with Crippen LogP contribution in [0.3, 0.4) is 0 Å². The fraction of sp³-hybridized carbons (Fsp3) is 0.583. The van der Waals surface area contributed by atoms with Crippen LogP contribution in [0.25, 0.3) is 16.9 Å². The number of fused-ring (bicyclic) bond motifs is 1. The van der Waals surface area contributed by atoms with Crippen LogP contribution in [-0.4, -0.2) is 79.2 Å². The normalized spacial score (nSPS) is 14.6. The summed E-state index contributed by atoms with van der Waals surface area (Å²) >= 11 is 0. The van der Waals surface area contributed by atoms with Gasteiger partial charge in [0.15, 0.2) is 0 Å². The number of benzene rings is 1. The maximum Gasteiger partial charge on any atom is 0.460 e. The Bertz CT molecular complexity index is 1550. The van der Waals surface area contributed by atoms with Gasteiger partial charge in [-0.25, -0.2) is 9.97 Å². The molecule has 3 rings (SSSR count). The molecule has 6 nitrogen and oxygen atoms in total. The molecule has 0 bridgehead atoms. The van der Waals surface area contributed by atoms with E-state index in [-0.39, 0.29) is 11.0 Å². The second kappa shape index (κ2) is 12.1. The van der Waals surface area contributed by atoms with Crippen molar-refractivity contribution in [2.45, 2.75) is 80.2 Å². The Morgan fingerprint density at radius 2 is 1.15 bits per heavy atom. The highest BCUT2D eigenvalue weighted by atomic mass is 19.4. The van der Waals surface area contributed by atoms with E-state index in [2.05, 4.69) is 20.3 Å². The van der Waals surface area contributed by atoms with Gasteiger partial charge in [0.05, 0.1) is 36.0 Å². The summed E-state index contributed by atoms with van der Waals surface area (Å²) in [5, 5.41) is 7.53. The average Bonchev–Trinajstić information content (AvgIpc) is 3.43. The van der Waals surface area contributed by atoms with Crippen molar-refractivity contribution >= 4 is 11.0 Å². The van der Waals surface area contributed by atoms with E-state index in [0.717, 1.165) is 11.1 Å². The fourth-order valence-corrected chi connectivity index (χ4v) is 3.72. The SMILES string of the molecule is CCCCc1cn(-c2nc3ccccc3nc2OCCC(F)(F)C(F)(F)C(F)(F)C(F)(F)C(F)(F)C(F)(F)C(F)(F)C(F)(F)F)nn1. The lowest BCUT2D eigenvalue weighted by Crippen LogP contribution is -2.74. The van der Waals surface area contributed by atoms with Crippen molar-refractivity contribution in [1.29, 1.82) is 0 Å². The van der Waals surface area contributed by atoms with Crippen LogP contribution in [0.2, 0.25) is 0 Å². The number of ether oxygens (including phenoxy) is 1. The van der Waals surface area contributed by atoms with Gasteiger partial charge < -0.3 is 4.74 Å². The van der Waals surface area contributed by atoms with Gasteiger partial charge >= 0.3 is 47.6 Å². The molecule has 0 aliphatic heterocycles. The van der Waals surface area contributed by atoms with Gasteiger partial charge in [0.1, 0.15) is 0 Å². The molecule has 0 N–H and O–H groups in total. The highest BCUT2D eigenvalue weighted by molar-refractivity contribution is 5.75. The molecule has 0 radical (unpaired) electrons. The molecule has 0 saturated heterocycles. The predicted molar refractivity (Wildman–Crippen MR) is 124 cm³/mol. The van der Waals surface area contributed by atoms with Crippen molar-refractivity contribution < 1.29 is 79.4 Å². The van der Waals surface area contributed by atoms with Crippen LogP contribution in [0.4, 0.5) is 74.6 Å². The summed E-state index contributed by atoms with van der Waals surface area (Å²) in [4.78, 5) is 7.96. The average molecular weight is 715 g/mol. The first kappa shape index (κ1) is 37.8. The van der Waals surface area contributed by atoms with Crippen LogP contribution in [-0.2, 0) is 6.42 Å². The first-order chi connectivity index (χ1) is 21.2. The van der Waals surface area contributed by atoms with Crippen molar-refractivity contribution in [2.75, 3.05) is 6.61 Å². The van der Waals surface area contributed by atoms with E-state index < -0.39 is 72.4 Å². The number of alkyl halides is 17. The maximum atomic E-state index is 14.4. The number of para-hydroxylation sites is 2. The second-order valence-electron chi connectivity index (χ2n) is 9.85. The zero-order valence-electron chi connectivity index (χ0n) is 23.0. The van der Waals surface area contributed by atoms with E-state index in [9.17, 15) is 74.6 Å². The number of nitrogens with zero attached hydrogens (tertiary/aromatic N) is 5. The molecule has 0 saturated carbocycles. The van der Waals surface area contributed by atoms with Crippen LogP contribution in [0.1, 0.15) is 31.9 Å². The topological polar surface area (TPSA) is 65.7 Å². The number of aryl methyl sites for hydroxylation is 1. The van der Waals surface area contributed by atoms with Gasteiger partial charge in [-0.1, -0.05) is 30.7 Å². The minimum absolute atomic E-state index is 0.0420. The van der Waals surface area contributed by atoms with Gasteiger partial charge in [-0.2, -0.15) is 79.3 Å². The molecule has 2 aromatic heterocycles. The molecule has 0 aliphatic carbocycles. The van der Waals surface area contributed by atoms with Crippen molar-refractivity contribution in [3.05, 3.63) is 36.2 Å². The predicted octanol–water partition coefficient (Wildman–Crippen LogP) is 8.33. The minimum atomic E-state index is -8.69. The summed E-state index contributed by atoms with van der Waals surface area (Å²) in [5.74, 6) is -58.2. The van der Waals surface area contributed by atoms with Gasteiger partial charge in [-0.15, -0.1) is 5.10 Å². The first-order valence-electron chi connectivity index (χ1n) is 12.7.